The molecule has 0 bridgehead atoms. The van der Waals surface area contributed by atoms with Crippen LogP contribution in [0.2, 0.25) is 0 Å². The van der Waals surface area contributed by atoms with Crippen LogP contribution in [0.25, 0.3) is 0 Å². The summed E-state index contributed by atoms with van der Waals surface area (Å²) < 4.78 is 9.81. The van der Waals surface area contributed by atoms with Gasteiger partial charge in [0.1, 0.15) is 11.5 Å². The molecule has 0 atom stereocenters. The molecule has 0 fully saturated rings. The van der Waals surface area contributed by atoms with Crippen molar-refractivity contribution in [2.24, 2.45) is 0 Å². The zero-order valence-electron chi connectivity index (χ0n) is 10.4. The minimum Gasteiger partial charge on any atom is -0.506 e. The zero-order valence-corrected chi connectivity index (χ0v) is 19.0. The highest BCUT2D eigenvalue weighted by atomic mass is 127. The third kappa shape index (κ3) is 4.03. The molecule has 0 spiro atoms. The Labute approximate surface area is 172 Å². The molecule has 6 heteroatoms. The first kappa shape index (κ1) is 17.3. The van der Waals surface area contributed by atoms with Gasteiger partial charge in [0.15, 0.2) is 5.75 Å². The summed E-state index contributed by atoms with van der Waals surface area (Å²) in [5.41, 5.74) is 1.31. The first-order chi connectivity index (χ1) is 9.42. The summed E-state index contributed by atoms with van der Waals surface area (Å²) in [6.45, 7) is 2.15. The van der Waals surface area contributed by atoms with Crippen molar-refractivity contribution in [1.82, 2.24) is 0 Å². The number of hydrogen-bond donors (Lipinski definition) is 1. The van der Waals surface area contributed by atoms with Crippen LogP contribution in [0.4, 0.5) is 0 Å². The van der Waals surface area contributed by atoms with Crippen LogP contribution < -0.4 is 4.74 Å². The van der Waals surface area contributed by atoms with Crippen LogP contribution in [0.5, 0.6) is 17.2 Å². The van der Waals surface area contributed by atoms with E-state index in [1.807, 2.05) is 12.1 Å². The van der Waals surface area contributed by atoms with E-state index in [9.17, 15) is 5.11 Å². The summed E-state index contributed by atoms with van der Waals surface area (Å²) in [4.78, 5) is 0. The highest BCUT2D eigenvalue weighted by Crippen LogP contribution is 2.36. The molecule has 2 rings (SSSR count). The lowest BCUT2D eigenvalue weighted by molar-refractivity contribution is 0.455. The van der Waals surface area contributed by atoms with E-state index >= 15 is 0 Å². The first-order valence-corrected chi connectivity index (χ1v) is 10.1. The van der Waals surface area contributed by atoms with Gasteiger partial charge in [0.05, 0.1) is 14.3 Å². The van der Waals surface area contributed by atoms with Crippen LogP contribution in [0.3, 0.4) is 0 Å². The van der Waals surface area contributed by atoms with Gasteiger partial charge in [-0.1, -0.05) is 6.92 Å². The van der Waals surface area contributed by atoms with Crippen molar-refractivity contribution in [3.63, 3.8) is 0 Å². The predicted octanol–water partition coefficient (Wildman–Crippen LogP) is 6.17. The second-order valence-corrected chi connectivity index (χ2v) is 8.73. The summed E-state index contributed by atoms with van der Waals surface area (Å²) in [5.74, 6) is 1.93. The smallest absolute Gasteiger partial charge is 0.154 e. The Kier molecular flexibility index (Phi) is 6.48. The van der Waals surface area contributed by atoms with Crippen molar-refractivity contribution in [3.05, 3.63) is 44.1 Å². The molecule has 20 heavy (non-hydrogen) atoms. The molecule has 106 valence electrons. The van der Waals surface area contributed by atoms with Gasteiger partial charge < -0.3 is 9.84 Å². The minimum absolute atomic E-state index is 0.310. The van der Waals surface area contributed by atoms with Crippen molar-refractivity contribution in [2.45, 2.75) is 13.3 Å². The molecule has 0 amide bonds. The largest absolute Gasteiger partial charge is 0.506 e. The van der Waals surface area contributed by atoms with Crippen molar-refractivity contribution < 1.29 is 9.84 Å². The van der Waals surface area contributed by atoms with E-state index in [1.165, 1.54) is 5.56 Å². The third-order valence-corrected chi connectivity index (χ3v) is 5.92. The molecule has 0 saturated carbocycles. The molecule has 0 aromatic heterocycles. The van der Waals surface area contributed by atoms with Gasteiger partial charge in [0.2, 0.25) is 0 Å². The van der Waals surface area contributed by atoms with Crippen LogP contribution in [0.15, 0.2) is 24.3 Å². The maximum Gasteiger partial charge on any atom is 0.154 e. The van der Waals surface area contributed by atoms with Crippen LogP contribution in [-0.4, -0.2) is 5.11 Å². The fourth-order valence-electron chi connectivity index (χ4n) is 1.63. The Morgan fingerprint density at radius 1 is 0.900 bits per heavy atom. The second kappa shape index (κ2) is 7.49. The number of ether oxygens (including phenoxy) is 1. The van der Waals surface area contributed by atoms with E-state index in [2.05, 4.69) is 109 Å². The molecule has 0 aliphatic heterocycles. The fourth-order valence-corrected chi connectivity index (χ4v) is 5.46. The lowest BCUT2D eigenvalue weighted by Crippen LogP contribution is -1.94. The number of rotatable bonds is 3. The molecule has 0 aliphatic rings. The van der Waals surface area contributed by atoms with E-state index in [-0.39, 0.29) is 0 Å². The Morgan fingerprint density at radius 2 is 1.40 bits per heavy atom. The van der Waals surface area contributed by atoms with E-state index in [1.54, 1.807) is 0 Å². The van der Waals surface area contributed by atoms with Crippen LogP contribution in [-0.2, 0) is 6.42 Å². The highest BCUT2D eigenvalue weighted by Gasteiger charge is 2.12. The molecule has 0 radical (unpaired) electrons. The molecule has 0 saturated heterocycles. The van der Waals surface area contributed by atoms with E-state index in [0.29, 0.717) is 5.75 Å². The molecule has 2 aromatic rings. The van der Waals surface area contributed by atoms with Crippen LogP contribution >= 0.6 is 90.4 Å². The normalized spacial score (nSPS) is 10.7. The lowest BCUT2D eigenvalue weighted by Gasteiger charge is -2.13. The molecule has 0 heterocycles. The van der Waals surface area contributed by atoms with Gasteiger partial charge >= 0.3 is 0 Å². The summed E-state index contributed by atoms with van der Waals surface area (Å²) in [7, 11) is 0. The number of halogens is 4. The van der Waals surface area contributed by atoms with Gasteiger partial charge in [-0.3, -0.25) is 0 Å². The van der Waals surface area contributed by atoms with E-state index in [4.69, 9.17) is 4.74 Å². The zero-order chi connectivity index (χ0) is 14.9. The maximum absolute atomic E-state index is 9.80. The van der Waals surface area contributed by atoms with E-state index < -0.39 is 0 Å². The van der Waals surface area contributed by atoms with Gasteiger partial charge in [0, 0.05) is 0 Å². The molecule has 0 unspecified atom stereocenters. The molecule has 0 aliphatic carbocycles. The fraction of sp³-hybridized carbons (Fsp3) is 0.143. The average Bonchev–Trinajstić information content (AvgIpc) is 2.39. The first-order valence-electron chi connectivity index (χ1n) is 5.76. The van der Waals surface area contributed by atoms with Crippen molar-refractivity contribution in [3.8, 4) is 17.2 Å². The molecular formula is C14H10I4O2. The average molecular weight is 718 g/mol. The summed E-state index contributed by atoms with van der Waals surface area (Å²) in [6, 6.07) is 7.98. The van der Waals surface area contributed by atoms with Crippen molar-refractivity contribution in [2.75, 3.05) is 0 Å². The Morgan fingerprint density at radius 3 is 1.85 bits per heavy atom. The van der Waals surface area contributed by atoms with Gasteiger partial charge in [-0.25, -0.2) is 0 Å². The predicted molar refractivity (Wildman–Crippen MR) is 115 cm³/mol. The van der Waals surface area contributed by atoms with Gasteiger partial charge in [-0.05, 0) is 127 Å². The number of phenols is 1. The number of phenolic OH excluding ortho intramolecular Hbond substituents is 1. The van der Waals surface area contributed by atoms with Crippen molar-refractivity contribution >= 4 is 90.4 Å². The highest BCUT2D eigenvalue weighted by molar-refractivity contribution is 14.1. The van der Waals surface area contributed by atoms with Crippen LogP contribution in [0.1, 0.15) is 12.5 Å². The van der Waals surface area contributed by atoms with Gasteiger partial charge in [0.25, 0.3) is 0 Å². The van der Waals surface area contributed by atoms with Crippen molar-refractivity contribution in [1.29, 1.82) is 0 Å². The topological polar surface area (TPSA) is 29.5 Å². The van der Waals surface area contributed by atoms with E-state index in [0.717, 1.165) is 32.2 Å². The Hall–Kier alpha value is 0.960. The monoisotopic (exact) mass is 718 g/mol. The number of benzene rings is 2. The second-order valence-electron chi connectivity index (χ2n) is 4.08. The summed E-state index contributed by atoms with van der Waals surface area (Å²) in [6.07, 6.45) is 1.02. The summed E-state index contributed by atoms with van der Waals surface area (Å²) in [5, 5.41) is 9.80. The minimum atomic E-state index is 0.310. The molecule has 2 nitrogen and oxygen atoms in total. The SMILES string of the molecule is CCc1cc(I)c(Oc2cc(I)c(O)c(I)c2)c(I)c1. The Bertz CT molecular complexity index is 610. The quantitative estimate of drug-likeness (QED) is 0.386. The standard InChI is InChI=1S/C14H10I4O2/c1-2-7-3-11(17)14(12(18)4-7)20-8-5-9(15)13(19)10(16)6-8/h3-6,19H,2H2,1H3. The number of aryl methyl sites for hydroxylation is 1. The lowest BCUT2D eigenvalue weighted by atomic mass is 10.2. The summed E-state index contributed by atoms with van der Waals surface area (Å²) >= 11 is 8.82. The van der Waals surface area contributed by atoms with Crippen LogP contribution in [0, 0.1) is 14.3 Å². The third-order valence-electron chi connectivity index (χ3n) is 2.68. The number of hydrogen-bond acceptors (Lipinski definition) is 2. The van der Waals surface area contributed by atoms with Gasteiger partial charge in [-0.2, -0.15) is 0 Å². The molecular weight excluding hydrogens is 708 g/mol. The molecule has 2 aromatic carbocycles. The molecule has 1 N–H and O–H groups in total. The number of aromatic hydroxyl groups is 1. The Balaban J connectivity index is 2.40. The van der Waals surface area contributed by atoms with Gasteiger partial charge in [-0.15, -0.1) is 0 Å². The maximum atomic E-state index is 9.80.